The van der Waals surface area contributed by atoms with Crippen LogP contribution < -0.4 is 10.6 Å². The molecule has 2 heterocycles. The van der Waals surface area contributed by atoms with Crippen LogP contribution in [0, 0.1) is 11.7 Å². The quantitative estimate of drug-likeness (QED) is 0.353. The number of hydrogen-bond donors (Lipinski definition) is 2. The third kappa shape index (κ3) is 6.98. The molecule has 0 bridgehead atoms. The molecule has 3 aromatic rings. The second-order valence-corrected chi connectivity index (χ2v) is 9.32. The van der Waals surface area contributed by atoms with Crippen molar-refractivity contribution in [1.82, 2.24) is 15.3 Å². The molecular formula is C27H32ClFN4O. The minimum atomic E-state index is -0.243. The third-order valence-corrected chi connectivity index (χ3v) is 6.68. The maximum absolute atomic E-state index is 13.4. The van der Waals surface area contributed by atoms with E-state index in [1.165, 1.54) is 37.8 Å². The number of nitrogens with zero attached hydrogens (tertiary/aromatic N) is 2. The van der Waals surface area contributed by atoms with E-state index in [1.807, 2.05) is 24.3 Å². The molecule has 2 N–H and O–H groups in total. The molecule has 1 aliphatic carbocycles. The topological polar surface area (TPSA) is 59.1 Å². The molecule has 4 rings (SSSR count). The lowest BCUT2D eigenvalue weighted by atomic mass is 9.83. The van der Waals surface area contributed by atoms with E-state index in [1.54, 1.807) is 19.4 Å². The van der Waals surface area contributed by atoms with Gasteiger partial charge in [0.25, 0.3) is 0 Å². The highest BCUT2D eigenvalue weighted by Gasteiger charge is 2.22. The summed E-state index contributed by atoms with van der Waals surface area (Å²) < 4.78 is 18.6. The highest BCUT2D eigenvalue weighted by molar-refractivity contribution is 6.33. The molecule has 0 aliphatic heterocycles. The zero-order chi connectivity index (χ0) is 23.8. The normalized spacial score (nSPS) is 18.1. The van der Waals surface area contributed by atoms with Crippen LogP contribution in [0.15, 0.2) is 54.7 Å². The van der Waals surface area contributed by atoms with E-state index < -0.39 is 0 Å². The Morgan fingerprint density at radius 3 is 2.71 bits per heavy atom. The van der Waals surface area contributed by atoms with E-state index in [0.29, 0.717) is 23.5 Å². The second kappa shape index (κ2) is 12.2. The number of nitrogens with one attached hydrogen (secondary N) is 2. The second-order valence-electron chi connectivity index (χ2n) is 8.92. The van der Waals surface area contributed by atoms with Crippen molar-refractivity contribution in [2.24, 2.45) is 5.92 Å². The number of ether oxygens (including phenoxy) is 1. The summed E-state index contributed by atoms with van der Waals surface area (Å²) in [5, 5.41) is 7.44. The highest BCUT2D eigenvalue weighted by Crippen LogP contribution is 2.31. The summed E-state index contributed by atoms with van der Waals surface area (Å²) in [5.41, 5.74) is 3.59. The predicted octanol–water partition coefficient (Wildman–Crippen LogP) is 5.89. The molecule has 34 heavy (non-hydrogen) atoms. The lowest BCUT2D eigenvalue weighted by Gasteiger charge is -2.29. The fourth-order valence-electron chi connectivity index (χ4n) is 4.54. The van der Waals surface area contributed by atoms with Crippen LogP contribution in [0.1, 0.15) is 36.9 Å². The molecule has 1 aromatic carbocycles. The Bertz CT molecular complexity index is 1070. The summed E-state index contributed by atoms with van der Waals surface area (Å²) in [6.07, 6.45) is 7.46. The minimum Gasteiger partial charge on any atom is -0.383 e. The molecule has 0 unspecified atom stereocenters. The van der Waals surface area contributed by atoms with Crippen molar-refractivity contribution in [2.75, 3.05) is 25.6 Å². The lowest BCUT2D eigenvalue weighted by molar-refractivity contribution is 0.188. The largest absolute Gasteiger partial charge is 0.383 e. The minimum absolute atomic E-state index is 0.243. The molecule has 5 nitrogen and oxygen atoms in total. The molecule has 7 heteroatoms. The van der Waals surface area contributed by atoms with E-state index in [-0.39, 0.29) is 5.82 Å². The van der Waals surface area contributed by atoms with E-state index in [0.717, 1.165) is 47.9 Å². The summed E-state index contributed by atoms with van der Waals surface area (Å²) in [6, 6.07) is 15.0. The van der Waals surface area contributed by atoms with Crippen molar-refractivity contribution >= 4 is 17.4 Å². The summed E-state index contributed by atoms with van der Waals surface area (Å²) in [7, 11) is 1.74. The fourth-order valence-corrected chi connectivity index (χ4v) is 4.74. The Morgan fingerprint density at radius 1 is 1.09 bits per heavy atom. The summed E-state index contributed by atoms with van der Waals surface area (Å²) in [6.45, 7) is 2.16. The zero-order valence-electron chi connectivity index (χ0n) is 19.6. The Hall–Kier alpha value is -2.54. The zero-order valence-corrected chi connectivity index (χ0v) is 20.3. The van der Waals surface area contributed by atoms with Gasteiger partial charge in [0.1, 0.15) is 11.6 Å². The van der Waals surface area contributed by atoms with Gasteiger partial charge in [0.2, 0.25) is 0 Å². The molecule has 180 valence electrons. The maximum atomic E-state index is 13.4. The lowest BCUT2D eigenvalue weighted by Crippen LogP contribution is -2.35. The number of aromatic nitrogens is 2. The Kier molecular flexibility index (Phi) is 8.85. The molecule has 2 aromatic heterocycles. The van der Waals surface area contributed by atoms with Crippen molar-refractivity contribution in [3.8, 4) is 11.3 Å². The first-order chi connectivity index (χ1) is 16.6. The van der Waals surface area contributed by atoms with Gasteiger partial charge in [0, 0.05) is 43.7 Å². The van der Waals surface area contributed by atoms with Crippen LogP contribution in [0.4, 0.5) is 10.2 Å². The fraction of sp³-hybridized carbons (Fsp3) is 0.407. The molecule has 0 radical (unpaired) electrons. The first-order valence-electron chi connectivity index (χ1n) is 11.9. The number of methoxy groups -OCH3 is 1. The Morgan fingerprint density at radius 2 is 1.91 bits per heavy atom. The number of rotatable bonds is 10. The van der Waals surface area contributed by atoms with Crippen molar-refractivity contribution in [3.05, 3.63) is 76.8 Å². The molecule has 1 fully saturated rings. The van der Waals surface area contributed by atoms with Gasteiger partial charge in [-0.1, -0.05) is 29.8 Å². The van der Waals surface area contributed by atoms with E-state index in [2.05, 4.69) is 21.7 Å². The number of anilines is 1. The number of halogens is 2. The van der Waals surface area contributed by atoms with Crippen LogP contribution in [0.5, 0.6) is 0 Å². The maximum Gasteiger partial charge on any atom is 0.126 e. The van der Waals surface area contributed by atoms with Gasteiger partial charge in [-0.3, -0.25) is 4.98 Å². The van der Waals surface area contributed by atoms with Gasteiger partial charge in [-0.25, -0.2) is 9.37 Å². The van der Waals surface area contributed by atoms with Crippen molar-refractivity contribution < 1.29 is 9.13 Å². The van der Waals surface area contributed by atoms with Gasteiger partial charge in [0.05, 0.1) is 17.3 Å². The van der Waals surface area contributed by atoms with Crippen LogP contribution in [0.3, 0.4) is 0 Å². The van der Waals surface area contributed by atoms with Gasteiger partial charge >= 0.3 is 0 Å². The monoisotopic (exact) mass is 482 g/mol. The van der Waals surface area contributed by atoms with Crippen LogP contribution in [-0.2, 0) is 17.7 Å². The van der Waals surface area contributed by atoms with E-state index in [9.17, 15) is 4.39 Å². The molecule has 1 saturated carbocycles. The molecule has 0 saturated heterocycles. The SMILES string of the molecule is COCCNC1CCC(Cc2cc(-c3cccc(NCc4cccc(F)c4)n3)c(Cl)cn2)CC1. The molecule has 1 aliphatic rings. The highest BCUT2D eigenvalue weighted by atomic mass is 35.5. The average Bonchev–Trinajstić information content (AvgIpc) is 2.85. The van der Waals surface area contributed by atoms with Gasteiger partial charge in [0.15, 0.2) is 0 Å². The average molecular weight is 483 g/mol. The molecule has 0 atom stereocenters. The van der Waals surface area contributed by atoms with Crippen molar-refractivity contribution in [1.29, 1.82) is 0 Å². The predicted molar refractivity (Wildman–Crippen MR) is 136 cm³/mol. The Labute approximate surface area is 206 Å². The van der Waals surface area contributed by atoms with Crippen LogP contribution >= 0.6 is 11.6 Å². The van der Waals surface area contributed by atoms with Gasteiger partial charge in [-0.15, -0.1) is 0 Å². The van der Waals surface area contributed by atoms with Crippen molar-refractivity contribution in [3.63, 3.8) is 0 Å². The number of hydrogen-bond acceptors (Lipinski definition) is 5. The third-order valence-electron chi connectivity index (χ3n) is 6.38. The van der Waals surface area contributed by atoms with Crippen LogP contribution in [-0.4, -0.2) is 36.3 Å². The van der Waals surface area contributed by atoms with E-state index >= 15 is 0 Å². The Balaban J connectivity index is 1.38. The summed E-state index contributed by atoms with van der Waals surface area (Å²) in [4.78, 5) is 9.34. The van der Waals surface area contributed by atoms with Crippen molar-refractivity contribution in [2.45, 2.75) is 44.7 Å². The first-order valence-corrected chi connectivity index (χ1v) is 12.3. The number of benzene rings is 1. The molecule has 0 amide bonds. The van der Waals surface area contributed by atoms with Gasteiger partial charge < -0.3 is 15.4 Å². The van der Waals surface area contributed by atoms with Gasteiger partial charge in [-0.2, -0.15) is 0 Å². The summed E-state index contributed by atoms with van der Waals surface area (Å²) >= 11 is 6.51. The van der Waals surface area contributed by atoms with E-state index in [4.69, 9.17) is 21.3 Å². The first kappa shape index (κ1) is 24.6. The molecular weight excluding hydrogens is 451 g/mol. The van der Waals surface area contributed by atoms with Crippen LogP contribution in [0.25, 0.3) is 11.3 Å². The van der Waals surface area contributed by atoms with Crippen LogP contribution in [0.2, 0.25) is 5.02 Å². The molecule has 0 spiro atoms. The standard InChI is InChI=1S/C27H32ClFN4O/c1-34-13-12-30-22-10-8-19(9-11-22)15-23-16-24(25(28)18-31-23)26-6-3-7-27(33-26)32-17-20-4-2-5-21(29)14-20/h2-7,14,16,18-19,22,30H,8-13,15,17H2,1H3,(H,32,33). The number of pyridine rings is 2. The van der Waals surface area contributed by atoms with Gasteiger partial charge in [-0.05, 0) is 73.9 Å². The summed E-state index contributed by atoms with van der Waals surface area (Å²) in [5.74, 6) is 1.11. The smallest absolute Gasteiger partial charge is 0.126 e.